The van der Waals surface area contributed by atoms with Gasteiger partial charge in [0.05, 0.1) is 24.3 Å². The monoisotopic (exact) mass is 321 g/mol. The van der Waals surface area contributed by atoms with Gasteiger partial charge in [0.2, 0.25) is 0 Å². The summed E-state index contributed by atoms with van der Waals surface area (Å²) >= 11 is 0. The molecule has 0 saturated carbocycles. The number of para-hydroxylation sites is 1. The van der Waals surface area contributed by atoms with Crippen LogP contribution in [0.15, 0.2) is 61.2 Å². The van der Waals surface area contributed by atoms with Crippen molar-refractivity contribution in [2.75, 3.05) is 0 Å². The summed E-state index contributed by atoms with van der Waals surface area (Å²) in [5.74, 6) is 0. The van der Waals surface area contributed by atoms with E-state index in [9.17, 15) is 4.79 Å². The maximum Gasteiger partial charge on any atom is 0.315 e. The largest absolute Gasteiger partial charge is 0.334 e. The molecule has 1 aromatic carbocycles. The zero-order valence-corrected chi connectivity index (χ0v) is 13.4. The number of carbonyl (C=O) groups excluding carboxylic acids is 1. The Labute approximate surface area is 140 Å². The van der Waals surface area contributed by atoms with Crippen LogP contribution < -0.4 is 10.6 Å². The van der Waals surface area contributed by atoms with Crippen LogP contribution in [0.2, 0.25) is 0 Å². The first kappa shape index (κ1) is 15.7. The molecule has 0 unspecified atom stereocenters. The lowest BCUT2D eigenvalue weighted by Gasteiger charge is -2.12. The highest BCUT2D eigenvalue weighted by atomic mass is 16.2. The van der Waals surface area contributed by atoms with Crippen LogP contribution in [0.3, 0.4) is 0 Å². The molecule has 0 saturated heterocycles. The zero-order valence-electron chi connectivity index (χ0n) is 13.4. The standard InChI is InChI=1S/C18H19N5O/c1-14-5-4-7-16(22-14)12-21-18(24)20-11-15-6-2-3-8-17(15)23-10-9-19-13-23/h2-10,13H,11-12H2,1H3,(H2,20,21,24). The van der Waals surface area contributed by atoms with Crippen LogP contribution in [-0.4, -0.2) is 20.6 Å². The number of nitrogens with zero attached hydrogens (tertiary/aromatic N) is 3. The van der Waals surface area contributed by atoms with Crippen LogP contribution in [-0.2, 0) is 13.1 Å². The Kier molecular flexibility index (Phi) is 4.86. The molecule has 0 fully saturated rings. The van der Waals surface area contributed by atoms with E-state index in [4.69, 9.17) is 0 Å². The first-order valence-electron chi connectivity index (χ1n) is 7.73. The lowest BCUT2D eigenvalue weighted by atomic mass is 10.1. The van der Waals surface area contributed by atoms with Gasteiger partial charge in [0.1, 0.15) is 0 Å². The molecule has 2 aromatic heterocycles. The number of hydrogen-bond acceptors (Lipinski definition) is 3. The van der Waals surface area contributed by atoms with E-state index >= 15 is 0 Å². The van der Waals surface area contributed by atoms with E-state index in [0.29, 0.717) is 13.1 Å². The number of imidazole rings is 1. The van der Waals surface area contributed by atoms with Gasteiger partial charge < -0.3 is 15.2 Å². The fourth-order valence-corrected chi connectivity index (χ4v) is 2.42. The number of pyridine rings is 1. The fraction of sp³-hybridized carbons (Fsp3) is 0.167. The quantitative estimate of drug-likeness (QED) is 0.758. The minimum absolute atomic E-state index is 0.223. The first-order chi connectivity index (χ1) is 11.7. The Morgan fingerprint density at radius 3 is 2.71 bits per heavy atom. The number of amides is 2. The molecule has 122 valence electrons. The Morgan fingerprint density at radius 1 is 1.08 bits per heavy atom. The molecular formula is C18H19N5O. The number of aryl methyl sites for hydroxylation is 1. The maximum absolute atomic E-state index is 12.0. The van der Waals surface area contributed by atoms with Gasteiger partial charge in [-0.05, 0) is 30.7 Å². The van der Waals surface area contributed by atoms with Gasteiger partial charge in [-0.2, -0.15) is 0 Å². The van der Waals surface area contributed by atoms with Crippen molar-refractivity contribution < 1.29 is 4.79 Å². The highest BCUT2D eigenvalue weighted by Gasteiger charge is 2.06. The van der Waals surface area contributed by atoms with E-state index in [-0.39, 0.29) is 6.03 Å². The lowest BCUT2D eigenvalue weighted by Crippen LogP contribution is -2.35. The Hall–Kier alpha value is -3.15. The summed E-state index contributed by atoms with van der Waals surface area (Å²) < 4.78 is 1.92. The molecular weight excluding hydrogens is 302 g/mol. The molecule has 3 rings (SSSR count). The molecule has 6 nitrogen and oxygen atoms in total. The van der Waals surface area contributed by atoms with Gasteiger partial charge in [0.25, 0.3) is 0 Å². The van der Waals surface area contributed by atoms with Crippen molar-refractivity contribution in [3.8, 4) is 5.69 Å². The van der Waals surface area contributed by atoms with Crippen molar-refractivity contribution in [3.05, 3.63) is 78.1 Å². The molecule has 2 amide bonds. The number of nitrogens with one attached hydrogen (secondary N) is 2. The second-order valence-electron chi connectivity index (χ2n) is 5.41. The molecule has 0 radical (unpaired) electrons. The molecule has 0 aliphatic carbocycles. The van der Waals surface area contributed by atoms with Gasteiger partial charge in [-0.15, -0.1) is 0 Å². The molecule has 2 heterocycles. The molecule has 3 aromatic rings. The van der Waals surface area contributed by atoms with E-state index in [1.54, 1.807) is 12.5 Å². The van der Waals surface area contributed by atoms with Crippen molar-refractivity contribution in [2.24, 2.45) is 0 Å². The average molecular weight is 321 g/mol. The number of benzene rings is 1. The molecule has 0 aliphatic heterocycles. The summed E-state index contributed by atoms with van der Waals surface area (Å²) in [4.78, 5) is 20.4. The van der Waals surface area contributed by atoms with Crippen LogP contribution in [0.4, 0.5) is 4.79 Å². The Bertz CT molecular complexity index is 814. The highest BCUT2D eigenvalue weighted by Crippen LogP contribution is 2.13. The topological polar surface area (TPSA) is 71.8 Å². The number of carbonyl (C=O) groups is 1. The molecule has 2 N–H and O–H groups in total. The van der Waals surface area contributed by atoms with Crippen LogP contribution in [0.1, 0.15) is 17.0 Å². The van der Waals surface area contributed by atoms with E-state index in [2.05, 4.69) is 20.6 Å². The van der Waals surface area contributed by atoms with E-state index in [1.165, 1.54) is 0 Å². The van der Waals surface area contributed by atoms with Crippen molar-refractivity contribution in [2.45, 2.75) is 20.0 Å². The fourth-order valence-electron chi connectivity index (χ4n) is 2.42. The zero-order chi connectivity index (χ0) is 16.8. The van der Waals surface area contributed by atoms with Crippen LogP contribution in [0, 0.1) is 6.92 Å². The van der Waals surface area contributed by atoms with Gasteiger partial charge >= 0.3 is 6.03 Å². The smallest absolute Gasteiger partial charge is 0.315 e. The normalized spacial score (nSPS) is 10.4. The number of urea groups is 1. The summed E-state index contributed by atoms with van der Waals surface area (Å²) in [6.45, 7) is 2.76. The third-order valence-electron chi connectivity index (χ3n) is 3.59. The second-order valence-corrected chi connectivity index (χ2v) is 5.41. The summed E-state index contributed by atoms with van der Waals surface area (Å²) in [6, 6.07) is 13.4. The summed E-state index contributed by atoms with van der Waals surface area (Å²) in [7, 11) is 0. The highest BCUT2D eigenvalue weighted by molar-refractivity contribution is 5.73. The average Bonchev–Trinajstić information content (AvgIpc) is 3.13. The van der Waals surface area contributed by atoms with Crippen molar-refractivity contribution in [1.82, 2.24) is 25.2 Å². The number of rotatable bonds is 5. The minimum atomic E-state index is -0.223. The molecule has 0 spiro atoms. The van der Waals surface area contributed by atoms with Gasteiger partial charge in [0, 0.05) is 24.6 Å². The Morgan fingerprint density at radius 2 is 1.92 bits per heavy atom. The second kappa shape index (κ2) is 7.41. The predicted octanol–water partition coefficient (Wildman–Crippen LogP) is 2.58. The van der Waals surface area contributed by atoms with E-state index in [1.807, 2.05) is 60.2 Å². The van der Waals surface area contributed by atoms with Gasteiger partial charge in [-0.3, -0.25) is 4.98 Å². The summed E-state index contributed by atoms with van der Waals surface area (Å²) in [5, 5.41) is 5.69. The van der Waals surface area contributed by atoms with Crippen LogP contribution in [0.5, 0.6) is 0 Å². The molecule has 0 atom stereocenters. The number of aromatic nitrogens is 3. The first-order valence-corrected chi connectivity index (χ1v) is 7.73. The summed E-state index contributed by atoms with van der Waals surface area (Å²) in [5.41, 5.74) is 3.78. The van der Waals surface area contributed by atoms with E-state index in [0.717, 1.165) is 22.6 Å². The SMILES string of the molecule is Cc1cccc(CNC(=O)NCc2ccccc2-n2ccnc2)n1. The van der Waals surface area contributed by atoms with Gasteiger partial charge in [-0.1, -0.05) is 24.3 Å². The number of hydrogen-bond donors (Lipinski definition) is 2. The molecule has 0 bridgehead atoms. The molecule has 0 aliphatic rings. The third-order valence-corrected chi connectivity index (χ3v) is 3.59. The van der Waals surface area contributed by atoms with Gasteiger partial charge in [-0.25, -0.2) is 9.78 Å². The maximum atomic E-state index is 12.0. The van der Waals surface area contributed by atoms with Crippen molar-refractivity contribution in [3.63, 3.8) is 0 Å². The van der Waals surface area contributed by atoms with Crippen LogP contribution >= 0.6 is 0 Å². The third kappa shape index (κ3) is 3.98. The molecule has 6 heteroatoms. The van der Waals surface area contributed by atoms with Crippen molar-refractivity contribution >= 4 is 6.03 Å². The van der Waals surface area contributed by atoms with E-state index < -0.39 is 0 Å². The lowest BCUT2D eigenvalue weighted by molar-refractivity contribution is 0.240. The van der Waals surface area contributed by atoms with Gasteiger partial charge in [0.15, 0.2) is 0 Å². The minimum Gasteiger partial charge on any atom is -0.334 e. The summed E-state index contributed by atoms with van der Waals surface area (Å²) in [6.07, 6.45) is 5.34. The molecule has 24 heavy (non-hydrogen) atoms. The Balaban J connectivity index is 1.57. The van der Waals surface area contributed by atoms with Crippen molar-refractivity contribution in [1.29, 1.82) is 0 Å². The van der Waals surface area contributed by atoms with Crippen LogP contribution in [0.25, 0.3) is 5.69 Å². The predicted molar refractivity (Wildman–Crippen MR) is 91.6 cm³/mol.